The molecule has 1 amide bonds. The highest BCUT2D eigenvalue weighted by molar-refractivity contribution is 9.10. The molecule has 0 aliphatic carbocycles. The van der Waals surface area contributed by atoms with E-state index in [1.165, 1.54) is 24.3 Å². The third kappa shape index (κ3) is 3.40. The van der Waals surface area contributed by atoms with Crippen LogP contribution in [0.5, 0.6) is 0 Å². The number of amides is 1. The lowest BCUT2D eigenvalue weighted by atomic mass is 9.64. The summed E-state index contributed by atoms with van der Waals surface area (Å²) in [5, 5.41) is 3.02. The molecule has 4 atom stereocenters. The second kappa shape index (κ2) is 9.10. The number of nitrogens with one attached hydrogen (secondary N) is 1. The minimum absolute atomic E-state index is 0.273. The van der Waals surface area contributed by atoms with Crippen LogP contribution in [0.4, 0.5) is 15.8 Å². The summed E-state index contributed by atoms with van der Waals surface area (Å²) >= 11 is 3.43. The lowest BCUT2D eigenvalue weighted by molar-refractivity contribution is -0.121. The van der Waals surface area contributed by atoms with Crippen LogP contribution in [0.25, 0.3) is 6.08 Å². The van der Waals surface area contributed by atoms with Gasteiger partial charge in [-0.3, -0.25) is 14.4 Å². The standard InChI is InChI=1S/C33H22BrFN2O3/c34-22-14-9-20(10-15-22)30(38)28-29(31(39)21-11-16-23(35)17-12-21)37-26-8-4-1-5-19(26)13-18-27(37)33(28)24-6-2-3-7-25(24)36-32(33)40/h1-18,27-29H,(H,36,40). The molecule has 1 fully saturated rings. The molecule has 3 heterocycles. The molecule has 3 aliphatic rings. The van der Waals surface area contributed by atoms with Gasteiger partial charge in [-0.05, 0) is 59.7 Å². The number of para-hydroxylation sites is 2. The van der Waals surface area contributed by atoms with Crippen molar-refractivity contribution in [3.8, 4) is 0 Å². The number of halogens is 2. The molecule has 7 rings (SSSR count). The Kier molecular flexibility index (Phi) is 5.61. The van der Waals surface area contributed by atoms with Gasteiger partial charge < -0.3 is 10.2 Å². The third-order valence-corrected chi connectivity index (χ3v) is 8.88. The molecule has 196 valence electrons. The number of carbonyl (C=O) groups excluding carboxylic acids is 3. The first-order valence-electron chi connectivity index (χ1n) is 13.0. The van der Waals surface area contributed by atoms with E-state index in [1.807, 2.05) is 65.6 Å². The van der Waals surface area contributed by atoms with Crippen LogP contribution in [0, 0.1) is 11.7 Å². The fourth-order valence-corrected chi connectivity index (χ4v) is 6.96. The number of rotatable bonds is 4. The van der Waals surface area contributed by atoms with Crippen molar-refractivity contribution in [3.05, 3.63) is 136 Å². The van der Waals surface area contributed by atoms with Crippen molar-refractivity contribution >= 4 is 50.9 Å². The number of nitrogens with zero attached hydrogens (tertiary/aromatic N) is 1. The van der Waals surface area contributed by atoms with Gasteiger partial charge in [0.05, 0.1) is 12.0 Å². The van der Waals surface area contributed by atoms with Gasteiger partial charge in [0.1, 0.15) is 17.3 Å². The van der Waals surface area contributed by atoms with Gasteiger partial charge in [-0.15, -0.1) is 0 Å². The van der Waals surface area contributed by atoms with Crippen LogP contribution in [0.15, 0.2) is 108 Å². The summed E-state index contributed by atoms with van der Waals surface area (Å²) < 4.78 is 14.7. The lowest BCUT2D eigenvalue weighted by Crippen LogP contribution is -2.51. The summed E-state index contributed by atoms with van der Waals surface area (Å²) in [5.41, 5.74) is 2.25. The minimum atomic E-state index is -1.38. The molecular weight excluding hydrogens is 571 g/mol. The highest BCUT2D eigenvalue weighted by Gasteiger charge is 2.70. The molecule has 1 spiro atoms. The summed E-state index contributed by atoms with van der Waals surface area (Å²) in [5.74, 6) is -2.51. The van der Waals surface area contributed by atoms with E-state index in [9.17, 15) is 18.8 Å². The Balaban J connectivity index is 1.53. The predicted molar refractivity (Wildman–Crippen MR) is 155 cm³/mol. The largest absolute Gasteiger partial charge is 0.352 e. The van der Waals surface area contributed by atoms with E-state index in [0.29, 0.717) is 16.8 Å². The molecule has 0 saturated carbocycles. The summed E-state index contributed by atoms with van der Waals surface area (Å²) in [7, 11) is 0. The Labute approximate surface area is 238 Å². The van der Waals surface area contributed by atoms with Gasteiger partial charge in [0.2, 0.25) is 5.91 Å². The van der Waals surface area contributed by atoms with E-state index in [4.69, 9.17) is 0 Å². The quantitative estimate of drug-likeness (QED) is 0.277. The van der Waals surface area contributed by atoms with Gasteiger partial charge in [-0.25, -0.2) is 4.39 Å². The Morgan fingerprint density at radius 2 is 1.48 bits per heavy atom. The molecule has 3 aliphatic heterocycles. The zero-order chi connectivity index (χ0) is 27.6. The van der Waals surface area contributed by atoms with Gasteiger partial charge in [0.25, 0.3) is 0 Å². The summed E-state index contributed by atoms with van der Waals surface area (Å²) in [6.07, 6.45) is 3.89. The first-order valence-corrected chi connectivity index (χ1v) is 13.8. The number of anilines is 2. The van der Waals surface area contributed by atoms with Crippen molar-refractivity contribution in [1.29, 1.82) is 0 Å². The topological polar surface area (TPSA) is 66.5 Å². The summed E-state index contributed by atoms with van der Waals surface area (Å²) in [6, 6.07) is 25.7. The van der Waals surface area contributed by atoms with Gasteiger partial charge in [-0.1, -0.05) is 76.6 Å². The number of Topliss-reactive ketones (excluding diaryl/α,β-unsaturated/α-hetero) is 2. The predicted octanol–water partition coefficient (Wildman–Crippen LogP) is 6.44. The molecule has 40 heavy (non-hydrogen) atoms. The Morgan fingerprint density at radius 1 is 0.825 bits per heavy atom. The van der Waals surface area contributed by atoms with Crippen LogP contribution in [0.2, 0.25) is 0 Å². The number of hydrogen-bond acceptors (Lipinski definition) is 4. The van der Waals surface area contributed by atoms with E-state index in [0.717, 1.165) is 15.7 Å². The molecule has 5 nitrogen and oxygen atoms in total. The molecule has 7 heteroatoms. The monoisotopic (exact) mass is 592 g/mol. The van der Waals surface area contributed by atoms with Crippen LogP contribution >= 0.6 is 15.9 Å². The minimum Gasteiger partial charge on any atom is -0.352 e. The van der Waals surface area contributed by atoms with E-state index < -0.39 is 29.2 Å². The Bertz CT molecular complexity index is 1730. The van der Waals surface area contributed by atoms with Crippen molar-refractivity contribution < 1.29 is 18.8 Å². The van der Waals surface area contributed by atoms with Gasteiger partial charge in [-0.2, -0.15) is 0 Å². The average Bonchev–Trinajstić information content (AvgIpc) is 3.45. The zero-order valence-electron chi connectivity index (χ0n) is 21.1. The van der Waals surface area contributed by atoms with E-state index in [2.05, 4.69) is 21.2 Å². The third-order valence-electron chi connectivity index (χ3n) is 8.35. The SMILES string of the molecule is O=C(c1ccc(F)cc1)C1C(C(=O)c2ccc(Br)cc2)C2(C(=O)Nc3ccccc32)C2C=Cc3ccccc3N12. The van der Waals surface area contributed by atoms with Crippen molar-refractivity contribution in [2.45, 2.75) is 17.5 Å². The summed E-state index contributed by atoms with van der Waals surface area (Å²) in [6.45, 7) is 0. The summed E-state index contributed by atoms with van der Waals surface area (Å²) in [4.78, 5) is 45.4. The maximum absolute atomic E-state index is 14.7. The maximum atomic E-state index is 14.7. The van der Waals surface area contributed by atoms with Gasteiger partial charge in [0, 0.05) is 27.0 Å². The molecule has 4 aromatic carbocycles. The highest BCUT2D eigenvalue weighted by Crippen LogP contribution is 2.58. The number of hydrogen-bond donors (Lipinski definition) is 1. The molecule has 4 aromatic rings. The number of carbonyl (C=O) groups is 3. The second-order valence-corrected chi connectivity index (χ2v) is 11.2. The molecule has 1 saturated heterocycles. The Morgan fingerprint density at radius 3 is 2.25 bits per heavy atom. The van der Waals surface area contributed by atoms with E-state index in [1.54, 1.807) is 24.3 Å². The molecule has 0 radical (unpaired) electrons. The Hall–Kier alpha value is -4.36. The van der Waals surface area contributed by atoms with Crippen LogP contribution in [0.1, 0.15) is 31.8 Å². The fourth-order valence-electron chi connectivity index (χ4n) is 6.70. The van der Waals surface area contributed by atoms with Crippen LogP contribution < -0.4 is 10.2 Å². The molecule has 0 aromatic heterocycles. The lowest BCUT2D eigenvalue weighted by Gasteiger charge is -2.37. The fraction of sp³-hybridized carbons (Fsp3) is 0.121. The first-order chi connectivity index (χ1) is 19.4. The molecular formula is C33H22BrFN2O3. The molecule has 4 unspecified atom stereocenters. The maximum Gasteiger partial charge on any atom is 0.238 e. The number of fused-ring (bicyclic) bond motifs is 6. The van der Waals surface area contributed by atoms with Crippen LogP contribution in [-0.2, 0) is 10.2 Å². The second-order valence-electron chi connectivity index (χ2n) is 10.3. The number of benzene rings is 4. The van der Waals surface area contributed by atoms with Crippen molar-refractivity contribution in [2.75, 3.05) is 10.2 Å². The van der Waals surface area contributed by atoms with Gasteiger partial charge >= 0.3 is 0 Å². The highest BCUT2D eigenvalue weighted by atomic mass is 79.9. The number of ketones is 2. The molecule has 0 bridgehead atoms. The first kappa shape index (κ1) is 24.7. The van der Waals surface area contributed by atoms with Crippen molar-refractivity contribution in [3.63, 3.8) is 0 Å². The zero-order valence-corrected chi connectivity index (χ0v) is 22.6. The van der Waals surface area contributed by atoms with Gasteiger partial charge in [0.15, 0.2) is 11.6 Å². The normalized spacial score (nSPS) is 23.9. The van der Waals surface area contributed by atoms with Crippen molar-refractivity contribution in [1.82, 2.24) is 0 Å². The van der Waals surface area contributed by atoms with Crippen LogP contribution in [0.3, 0.4) is 0 Å². The average molecular weight is 593 g/mol. The van der Waals surface area contributed by atoms with E-state index in [-0.39, 0.29) is 23.0 Å². The molecule has 1 N–H and O–H groups in total. The smallest absolute Gasteiger partial charge is 0.238 e. The van der Waals surface area contributed by atoms with Crippen LogP contribution in [-0.4, -0.2) is 29.6 Å². The van der Waals surface area contributed by atoms with E-state index >= 15 is 0 Å². The van der Waals surface area contributed by atoms with Crippen molar-refractivity contribution in [2.24, 2.45) is 5.92 Å².